The van der Waals surface area contributed by atoms with Crippen LogP contribution in [-0.2, 0) is 0 Å². The standard InChI is InChI=1S/C12H8FN3O3/c13-9-2-1-7(12(18)19)5-10(9)16-11(17)8-3-4-14-15-6-8/h1-6H,(H,16,17)(H,18,19). The minimum Gasteiger partial charge on any atom is -0.478 e. The van der Waals surface area contributed by atoms with Crippen LogP contribution in [0.25, 0.3) is 0 Å². The molecule has 6 nitrogen and oxygen atoms in total. The summed E-state index contributed by atoms with van der Waals surface area (Å²) in [5.74, 6) is -2.53. The number of rotatable bonds is 3. The molecule has 19 heavy (non-hydrogen) atoms. The number of aromatic carboxylic acids is 1. The zero-order valence-corrected chi connectivity index (χ0v) is 9.50. The zero-order valence-electron chi connectivity index (χ0n) is 9.50. The molecule has 0 spiro atoms. The summed E-state index contributed by atoms with van der Waals surface area (Å²) in [5, 5.41) is 18.1. The summed E-state index contributed by atoms with van der Waals surface area (Å²) in [4.78, 5) is 22.5. The van der Waals surface area contributed by atoms with Gasteiger partial charge >= 0.3 is 5.97 Å². The lowest BCUT2D eigenvalue weighted by Gasteiger charge is -2.06. The first-order valence-electron chi connectivity index (χ1n) is 5.19. The molecule has 1 aromatic carbocycles. The molecule has 0 aliphatic heterocycles. The number of benzene rings is 1. The van der Waals surface area contributed by atoms with E-state index in [1.807, 2.05) is 0 Å². The Labute approximate surface area is 106 Å². The highest BCUT2D eigenvalue weighted by molar-refractivity contribution is 6.04. The second kappa shape index (κ2) is 5.21. The highest BCUT2D eigenvalue weighted by Crippen LogP contribution is 2.17. The van der Waals surface area contributed by atoms with Crippen LogP contribution in [0.2, 0.25) is 0 Å². The Morgan fingerprint density at radius 2 is 1.95 bits per heavy atom. The van der Waals surface area contributed by atoms with Gasteiger partial charge in [-0.2, -0.15) is 10.2 Å². The van der Waals surface area contributed by atoms with E-state index in [1.54, 1.807) is 0 Å². The van der Waals surface area contributed by atoms with Crippen LogP contribution < -0.4 is 5.32 Å². The summed E-state index contributed by atoms with van der Waals surface area (Å²) in [7, 11) is 0. The molecule has 0 saturated carbocycles. The number of carbonyl (C=O) groups excluding carboxylic acids is 1. The van der Waals surface area contributed by atoms with Crippen molar-refractivity contribution >= 4 is 17.6 Å². The van der Waals surface area contributed by atoms with E-state index >= 15 is 0 Å². The van der Waals surface area contributed by atoms with E-state index in [0.29, 0.717) is 0 Å². The van der Waals surface area contributed by atoms with Gasteiger partial charge in [-0.3, -0.25) is 4.79 Å². The van der Waals surface area contributed by atoms with Crippen molar-refractivity contribution in [2.24, 2.45) is 0 Å². The van der Waals surface area contributed by atoms with Crippen LogP contribution in [0.4, 0.5) is 10.1 Å². The summed E-state index contributed by atoms with van der Waals surface area (Å²) in [6.07, 6.45) is 2.53. The number of nitrogens with zero attached hydrogens (tertiary/aromatic N) is 2. The first-order chi connectivity index (χ1) is 9.08. The molecule has 0 saturated heterocycles. The van der Waals surface area contributed by atoms with E-state index in [1.165, 1.54) is 18.5 Å². The lowest BCUT2D eigenvalue weighted by atomic mass is 10.2. The van der Waals surface area contributed by atoms with Crippen molar-refractivity contribution in [2.75, 3.05) is 5.32 Å². The number of anilines is 1. The molecule has 0 bridgehead atoms. The molecule has 0 atom stereocenters. The third-order valence-electron chi connectivity index (χ3n) is 2.31. The number of nitrogens with one attached hydrogen (secondary N) is 1. The molecule has 2 N–H and O–H groups in total. The predicted octanol–water partition coefficient (Wildman–Crippen LogP) is 1.57. The monoisotopic (exact) mass is 261 g/mol. The molecule has 1 heterocycles. The zero-order chi connectivity index (χ0) is 13.8. The number of carboxylic acids is 1. The number of halogens is 1. The van der Waals surface area contributed by atoms with E-state index in [-0.39, 0.29) is 16.8 Å². The Kier molecular flexibility index (Phi) is 3.46. The van der Waals surface area contributed by atoms with Crippen LogP contribution >= 0.6 is 0 Å². The molecule has 2 rings (SSSR count). The fourth-order valence-corrected chi connectivity index (χ4v) is 1.37. The summed E-state index contributed by atoms with van der Waals surface area (Å²) in [6.45, 7) is 0. The van der Waals surface area contributed by atoms with Crippen LogP contribution in [0, 0.1) is 5.82 Å². The van der Waals surface area contributed by atoms with Crippen molar-refractivity contribution in [3.8, 4) is 0 Å². The Hall–Kier alpha value is -2.83. The molecule has 7 heteroatoms. The average molecular weight is 261 g/mol. The molecule has 0 fully saturated rings. The fraction of sp³-hybridized carbons (Fsp3) is 0. The van der Waals surface area contributed by atoms with E-state index < -0.39 is 17.7 Å². The summed E-state index contributed by atoms with van der Waals surface area (Å²) in [6, 6.07) is 4.54. The van der Waals surface area contributed by atoms with E-state index in [9.17, 15) is 14.0 Å². The third kappa shape index (κ3) is 2.89. The van der Waals surface area contributed by atoms with Gasteiger partial charge in [0.25, 0.3) is 5.91 Å². The normalized spacial score (nSPS) is 9.95. The van der Waals surface area contributed by atoms with Gasteiger partial charge in [0.15, 0.2) is 0 Å². The minimum absolute atomic E-state index is 0.121. The van der Waals surface area contributed by atoms with E-state index in [4.69, 9.17) is 5.11 Å². The van der Waals surface area contributed by atoms with Crippen molar-refractivity contribution in [3.05, 3.63) is 53.6 Å². The van der Waals surface area contributed by atoms with Gasteiger partial charge in [-0.05, 0) is 24.3 Å². The highest BCUT2D eigenvalue weighted by Gasteiger charge is 2.12. The second-order valence-corrected chi connectivity index (χ2v) is 3.59. The fourth-order valence-electron chi connectivity index (χ4n) is 1.37. The quantitative estimate of drug-likeness (QED) is 0.874. The maximum absolute atomic E-state index is 13.5. The predicted molar refractivity (Wildman–Crippen MR) is 63.3 cm³/mol. The van der Waals surface area contributed by atoms with E-state index in [2.05, 4.69) is 15.5 Å². The van der Waals surface area contributed by atoms with Crippen molar-refractivity contribution in [1.29, 1.82) is 0 Å². The Bertz CT molecular complexity index is 631. The Balaban J connectivity index is 2.26. The number of hydrogen-bond donors (Lipinski definition) is 2. The first kappa shape index (κ1) is 12.6. The van der Waals surface area contributed by atoms with Crippen LogP contribution in [-0.4, -0.2) is 27.2 Å². The molecule has 1 amide bonds. The molecule has 0 unspecified atom stereocenters. The minimum atomic E-state index is -1.21. The first-order valence-corrected chi connectivity index (χ1v) is 5.19. The molecule has 0 radical (unpaired) electrons. The van der Waals surface area contributed by atoms with Gasteiger partial charge in [0.1, 0.15) is 5.82 Å². The molecule has 1 aromatic heterocycles. The number of hydrogen-bond acceptors (Lipinski definition) is 4. The molecular formula is C12H8FN3O3. The summed E-state index contributed by atoms with van der Waals surface area (Å²) in [5.41, 5.74) is -0.138. The van der Waals surface area contributed by atoms with Gasteiger partial charge in [-0.1, -0.05) is 0 Å². The summed E-state index contributed by atoms with van der Waals surface area (Å²) >= 11 is 0. The second-order valence-electron chi connectivity index (χ2n) is 3.59. The van der Waals surface area contributed by atoms with Crippen molar-refractivity contribution in [3.63, 3.8) is 0 Å². The summed E-state index contributed by atoms with van der Waals surface area (Å²) < 4.78 is 13.5. The van der Waals surface area contributed by atoms with Gasteiger partial charge in [-0.15, -0.1) is 0 Å². The number of aromatic nitrogens is 2. The van der Waals surface area contributed by atoms with Crippen LogP contribution in [0.15, 0.2) is 36.7 Å². The number of carboxylic acid groups (broad SMARTS) is 1. The van der Waals surface area contributed by atoms with Gasteiger partial charge in [0.2, 0.25) is 0 Å². The highest BCUT2D eigenvalue weighted by atomic mass is 19.1. The van der Waals surface area contributed by atoms with Crippen molar-refractivity contribution in [2.45, 2.75) is 0 Å². The van der Waals surface area contributed by atoms with Gasteiger partial charge in [0, 0.05) is 0 Å². The molecule has 0 aliphatic carbocycles. The smallest absolute Gasteiger partial charge is 0.335 e. The van der Waals surface area contributed by atoms with Gasteiger partial charge in [-0.25, -0.2) is 9.18 Å². The number of carbonyl (C=O) groups is 2. The molecule has 0 aliphatic rings. The van der Waals surface area contributed by atoms with Crippen LogP contribution in [0.3, 0.4) is 0 Å². The van der Waals surface area contributed by atoms with E-state index in [0.717, 1.165) is 18.2 Å². The Morgan fingerprint density at radius 1 is 1.16 bits per heavy atom. The average Bonchev–Trinajstić information content (AvgIpc) is 2.42. The molecular weight excluding hydrogens is 253 g/mol. The lowest BCUT2D eigenvalue weighted by Crippen LogP contribution is -2.14. The molecule has 96 valence electrons. The van der Waals surface area contributed by atoms with Crippen LogP contribution in [0.5, 0.6) is 0 Å². The maximum Gasteiger partial charge on any atom is 0.335 e. The topological polar surface area (TPSA) is 92.2 Å². The number of amides is 1. The third-order valence-corrected chi connectivity index (χ3v) is 2.31. The van der Waals surface area contributed by atoms with Crippen LogP contribution in [0.1, 0.15) is 20.7 Å². The van der Waals surface area contributed by atoms with Crippen molar-refractivity contribution < 1.29 is 19.1 Å². The SMILES string of the molecule is O=C(O)c1ccc(F)c(NC(=O)c2ccnnc2)c1. The van der Waals surface area contributed by atoms with Gasteiger partial charge in [0.05, 0.1) is 29.2 Å². The van der Waals surface area contributed by atoms with Crippen molar-refractivity contribution in [1.82, 2.24) is 10.2 Å². The molecule has 2 aromatic rings. The lowest BCUT2D eigenvalue weighted by molar-refractivity contribution is 0.0696. The largest absolute Gasteiger partial charge is 0.478 e. The Morgan fingerprint density at radius 3 is 2.58 bits per heavy atom. The van der Waals surface area contributed by atoms with Gasteiger partial charge < -0.3 is 10.4 Å². The maximum atomic E-state index is 13.5.